The van der Waals surface area contributed by atoms with E-state index in [0.717, 1.165) is 18.4 Å². The van der Waals surface area contributed by atoms with Crippen molar-refractivity contribution in [2.75, 3.05) is 6.61 Å². The average molecular weight is 383 g/mol. The minimum absolute atomic E-state index is 0.296. The molecule has 0 aromatic heterocycles. The summed E-state index contributed by atoms with van der Waals surface area (Å²) in [6.45, 7) is 8.44. The summed E-state index contributed by atoms with van der Waals surface area (Å²) in [6.07, 6.45) is 5.00. The molecule has 28 heavy (non-hydrogen) atoms. The molecule has 3 heteroatoms. The first-order valence-corrected chi connectivity index (χ1v) is 10.6. The van der Waals surface area contributed by atoms with Crippen LogP contribution in [0, 0.1) is 0 Å². The SMILES string of the molecule is CCCCCc1ccc(-c2ccc(C(C)OC(=O)C(C)OCCC)cc2)cc1. The van der Waals surface area contributed by atoms with Crippen LogP contribution in [0.2, 0.25) is 0 Å². The maximum atomic E-state index is 12.1. The van der Waals surface area contributed by atoms with E-state index in [1.165, 1.54) is 36.0 Å². The number of aryl methyl sites for hydroxylation is 1. The van der Waals surface area contributed by atoms with E-state index in [1.54, 1.807) is 6.92 Å². The van der Waals surface area contributed by atoms with Crippen molar-refractivity contribution in [3.8, 4) is 11.1 Å². The fourth-order valence-corrected chi connectivity index (χ4v) is 3.09. The van der Waals surface area contributed by atoms with Crippen LogP contribution in [0.1, 0.15) is 70.6 Å². The van der Waals surface area contributed by atoms with Crippen LogP contribution in [0.5, 0.6) is 0 Å². The standard InChI is InChI=1S/C25H34O3/c1-5-7-8-9-21-10-12-23(13-11-21)24-16-14-22(15-17-24)19(3)28-25(26)20(4)27-18-6-2/h10-17,19-20H,5-9,18H2,1-4H3. The number of hydrogen-bond acceptors (Lipinski definition) is 3. The van der Waals surface area contributed by atoms with Crippen molar-refractivity contribution in [1.82, 2.24) is 0 Å². The molecule has 0 saturated heterocycles. The van der Waals surface area contributed by atoms with Crippen LogP contribution >= 0.6 is 0 Å². The molecule has 0 saturated carbocycles. The van der Waals surface area contributed by atoms with Crippen LogP contribution in [-0.4, -0.2) is 18.7 Å². The third-order valence-electron chi connectivity index (χ3n) is 4.93. The summed E-state index contributed by atoms with van der Waals surface area (Å²) in [5.41, 5.74) is 4.75. The number of carbonyl (C=O) groups excluding carboxylic acids is 1. The van der Waals surface area contributed by atoms with Crippen molar-refractivity contribution in [2.45, 2.75) is 72.0 Å². The minimum Gasteiger partial charge on any atom is -0.456 e. The molecular weight excluding hydrogens is 348 g/mol. The van der Waals surface area contributed by atoms with E-state index in [2.05, 4.69) is 43.3 Å². The zero-order chi connectivity index (χ0) is 20.4. The van der Waals surface area contributed by atoms with Gasteiger partial charge < -0.3 is 9.47 Å². The number of unbranched alkanes of at least 4 members (excludes halogenated alkanes) is 2. The van der Waals surface area contributed by atoms with E-state index >= 15 is 0 Å². The Bertz CT molecular complexity index is 704. The van der Waals surface area contributed by atoms with Crippen LogP contribution in [0.25, 0.3) is 11.1 Å². The quantitative estimate of drug-likeness (QED) is 0.328. The molecule has 0 bridgehead atoms. The summed E-state index contributed by atoms with van der Waals surface area (Å²) in [5.74, 6) is -0.316. The first kappa shape index (κ1) is 22.2. The molecule has 0 aliphatic carbocycles. The Kier molecular flexibility index (Phi) is 9.22. The Morgan fingerprint density at radius 1 is 0.857 bits per heavy atom. The molecule has 2 aromatic carbocycles. The largest absolute Gasteiger partial charge is 0.456 e. The van der Waals surface area contributed by atoms with Gasteiger partial charge >= 0.3 is 5.97 Å². The van der Waals surface area contributed by atoms with Crippen molar-refractivity contribution in [2.24, 2.45) is 0 Å². The smallest absolute Gasteiger partial charge is 0.335 e. The van der Waals surface area contributed by atoms with Gasteiger partial charge in [0.25, 0.3) is 0 Å². The second-order valence-electron chi connectivity index (χ2n) is 7.37. The van der Waals surface area contributed by atoms with Gasteiger partial charge in [-0.3, -0.25) is 0 Å². The molecule has 152 valence electrons. The lowest BCUT2D eigenvalue weighted by Crippen LogP contribution is -2.24. The van der Waals surface area contributed by atoms with Crippen LogP contribution in [-0.2, 0) is 20.7 Å². The summed E-state index contributed by atoms with van der Waals surface area (Å²) in [4.78, 5) is 12.1. The highest BCUT2D eigenvalue weighted by Gasteiger charge is 2.18. The summed E-state index contributed by atoms with van der Waals surface area (Å²) in [7, 11) is 0. The molecule has 0 amide bonds. The summed E-state index contributed by atoms with van der Waals surface area (Å²) < 4.78 is 11.0. The Labute approximate surface area is 170 Å². The van der Waals surface area contributed by atoms with Crippen LogP contribution in [0.4, 0.5) is 0 Å². The molecule has 2 aromatic rings. The first-order valence-electron chi connectivity index (χ1n) is 10.6. The van der Waals surface area contributed by atoms with Gasteiger partial charge in [0.05, 0.1) is 0 Å². The molecule has 2 unspecified atom stereocenters. The second-order valence-corrected chi connectivity index (χ2v) is 7.37. The van der Waals surface area contributed by atoms with Gasteiger partial charge in [-0.25, -0.2) is 4.79 Å². The molecule has 0 spiro atoms. The predicted molar refractivity (Wildman–Crippen MR) is 115 cm³/mol. The highest BCUT2D eigenvalue weighted by molar-refractivity contribution is 5.74. The average Bonchev–Trinajstić information content (AvgIpc) is 2.72. The Balaban J connectivity index is 1.94. The molecule has 2 rings (SSSR count). The molecule has 0 radical (unpaired) electrons. The maximum Gasteiger partial charge on any atom is 0.335 e. The fourth-order valence-electron chi connectivity index (χ4n) is 3.09. The van der Waals surface area contributed by atoms with Gasteiger partial charge in [-0.1, -0.05) is 75.2 Å². The molecule has 0 aliphatic heterocycles. The highest BCUT2D eigenvalue weighted by atomic mass is 16.6. The van der Waals surface area contributed by atoms with Gasteiger partial charge in [-0.15, -0.1) is 0 Å². The van der Waals surface area contributed by atoms with Crippen molar-refractivity contribution in [3.63, 3.8) is 0 Å². The topological polar surface area (TPSA) is 35.5 Å². The van der Waals surface area contributed by atoms with Crippen molar-refractivity contribution in [3.05, 3.63) is 59.7 Å². The van der Waals surface area contributed by atoms with Gasteiger partial charge in [0, 0.05) is 6.61 Å². The minimum atomic E-state index is -0.530. The van der Waals surface area contributed by atoms with Gasteiger partial charge in [0.1, 0.15) is 6.10 Å². The lowest BCUT2D eigenvalue weighted by molar-refractivity contribution is -0.161. The lowest BCUT2D eigenvalue weighted by atomic mass is 9.99. The zero-order valence-corrected chi connectivity index (χ0v) is 17.7. The normalized spacial score (nSPS) is 13.1. The van der Waals surface area contributed by atoms with E-state index in [9.17, 15) is 4.79 Å². The molecule has 0 fully saturated rings. The number of rotatable bonds is 11. The molecular formula is C25H34O3. The molecule has 0 aliphatic rings. The third kappa shape index (κ3) is 6.79. The fraction of sp³-hybridized carbons (Fsp3) is 0.480. The van der Waals surface area contributed by atoms with Gasteiger partial charge in [-0.05, 0) is 55.4 Å². The zero-order valence-electron chi connectivity index (χ0n) is 17.7. The van der Waals surface area contributed by atoms with Gasteiger partial charge in [0.15, 0.2) is 6.10 Å². The Hall–Kier alpha value is -2.13. The molecule has 3 nitrogen and oxygen atoms in total. The number of ether oxygens (including phenoxy) is 2. The molecule has 0 N–H and O–H groups in total. The van der Waals surface area contributed by atoms with Gasteiger partial charge in [-0.2, -0.15) is 0 Å². The van der Waals surface area contributed by atoms with Crippen molar-refractivity contribution in [1.29, 1.82) is 0 Å². The monoisotopic (exact) mass is 382 g/mol. The highest BCUT2D eigenvalue weighted by Crippen LogP contribution is 2.24. The number of hydrogen-bond donors (Lipinski definition) is 0. The van der Waals surface area contributed by atoms with Gasteiger partial charge in [0.2, 0.25) is 0 Å². The predicted octanol–water partition coefficient (Wildman–Crippen LogP) is 6.51. The van der Waals surface area contributed by atoms with E-state index in [1.807, 2.05) is 26.0 Å². The van der Waals surface area contributed by atoms with Crippen LogP contribution in [0.3, 0.4) is 0 Å². The first-order chi connectivity index (χ1) is 13.5. The molecule has 2 atom stereocenters. The number of carbonyl (C=O) groups is 1. The number of benzene rings is 2. The second kappa shape index (κ2) is 11.7. The van der Waals surface area contributed by atoms with E-state index in [0.29, 0.717) is 6.61 Å². The summed E-state index contributed by atoms with van der Waals surface area (Å²) in [5, 5.41) is 0. The van der Waals surface area contributed by atoms with Crippen molar-refractivity contribution < 1.29 is 14.3 Å². The third-order valence-corrected chi connectivity index (χ3v) is 4.93. The summed E-state index contributed by atoms with van der Waals surface area (Å²) >= 11 is 0. The molecule has 0 heterocycles. The van der Waals surface area contributed by atoms with Crippen LogP contribution in [0.15, 0.2) is 48.5 Å². The maximum absolute atomic E-state index is 12.1. The van der Waals surface area contributed by atoms with Crippen LogP contribution < -0.4 is 0 Å². The van der Waals surface area contributed by atoms with E-state index < -0.39 is 6.10 Å². The number of esters is 1. The van der Waals surface area contributed by atoms with E-state index in [-0.39, 0.29) is 12.1 Å². The Morgan fingerprint density at radius 3 is 2.04 bits per heavy atom. The Morgan fingerprint density at radius 2 is 1.46 bits per heavy atom. The van der Waals surface area contributed by atoms with Crippen molar-refractivity contribution >= 4 is 5.97 Å². The van der Waals surface area contributed by atoms with E-state index in [4.69, 9.17) is 9.47 Å². The lowest BCUT2D eigenvalue weighted by Gasteiger charge is -2.17. The summed E-state index contributed by atoms with van der Waals surface area (Å²) in [6, 6.07) is 17.0.